The van der Waals surface area contributed by atoms with E-state index in [1.807, 2.05) is 0 Å². The zero-order valence-corrected chi connectivity index (χ0v) is 7.35. The highest BCUT2D eigenvalue weighted by atomic mass is 14.9. The topological polar surface area (TPSA) is 38.0 Å². The molecule has 0 aromatic heterocycles. The molecule has 0 amide bonds. The van der Waals surface area contributed by atoms with E-state index >= 15 is 0 Å². The molecule has 1 atom stereocenters. The van der Waals surface area contributed by atoms with Gasteiger partial charge in [-0.15, -0.1) is 0 Å². The molecule has 10 heavy (non-hydrogen) atoms. The highest BCUT2D eigenvalue weighted by molar-refractivity contribution is 4.65. The quantitative estimate of drug-likeness (QED) is 0.603. The number of nitrogens with two attached hydrogens (primary N) is 1. The van der Waals surface area contributed by atoms with Crippen LogP contribution in [0, 0.1) is 5.92 Å². The lowest BCUT2D eigenvalue weighted by Gasteiger charge is -2.13. The van der Waals surface area contributed by atoms with Crippen LogP contribution in [0.3, 0.4) is 0 Å². The zero-order chi connectivity index (χ0) is 7.98. The minimum absolute atomic E-state index is 0.333. The molecule has 2 heteroatoms. The average molecular weight is 144 g/mol. The van der Waals surface area contributed by atoms with Crippen LogP contribution >= 0.6 is 0 Å². The summed E-state index contributed by atoms with van der Waals surface area (Å²) in [6.45, 7) is 8.47. The van der Waals surface area contributed by atoms with Crippen molar-refractivity contribution < 1.29 is 0 Å². The molecule has 0 aromatic carbocycles. The summed E-state index contributed by atoms with van der Waals surface area (Å²) in [7, 11) is 0. The first-order valence-electron chi connectivity index (χ1n) is 4.13. The van der Waals surface area contributed by atoms with Gasteiger partial charge in [-0.2, -0.15) is 0 Å². The fourth-order valence-electron chi connectivity index (χ4n) is 1.02. The van der Waals surface area contributed by atoms with Gasteiger partial charge in [0, 0.05) is 12.6 Å². The fraction of sp³-hybridized carbons (Fsp3) is 1.00. The maximum Gasteiger partial charge on any atom is 0.0167 e. The third kappa shape index (κ3) is 6.05. The second-order valence-corrected chi connectivity index (χ2v) is 3.20. The maximum atomic E-state index is 5.80. The molecule has 2 nitrogen and oxygen atoms in total. The van der Waals surface area contributed by atoms with Gasteiger partial charge < -0.3 is 11.1 Å². The monoisotopic (exact) mass is 144 g/mol. The third-order valence-electron chi connectivity index (χ3n) is 1.43. The Morgan fingerprint density at radius 1 is 1.40 bits per heavy atom. The molecule has 0 spiro atoms. The summed E-state index contributed by atoms with van der Waals surface area (Å²) in [5.41, 5.74) is 5.80. The van der Waals surface area contributed by atoms with Crippen LogP contribution in [-0.4, -0.2) is 19.1 Å². The molecular formula is C8H20N2. The van der Waals surface area contributed by atoms with E-state index in [-0.39, 0.29) is 0 Å². The van der Waals surface area contributed by atoms with Crippen molar-refractivity contribution in [1.29, 1.82) is 0 Å². The molecule has 0 fully saturated rings. The summed E-state index contributed by atoms with van der Waals surface area (Å²) < 4.78 is 0. The molecule has 0 aliphatic rings. The van der Waals surface area contributed by atoms with Crippen LogP contribution in [0.25, 0.3) is 0 Å². The average Bonchev–Trinajstić information content (AvgIpc) is 1.82. The van der Waals surface area contributed by atoms with Gasteiger partial charge in [-0.05, 0) is 18.9 Å². The Bertz CT molecular complexity index is 71.7. The lowest BCUT2D eigenvalue weighted by atomic mass is 10.0. The van der Waals surface area contributed by atoms with E-state index in [0.29, 0.717) is 12.0 Å². The molecule has 3 N–H and O–H groups in total. The van der Waals surface area contributed by atoms with Crippen LogP contribution in [0.5, 0.6) is 0 Å². The van der Waals surface area contributed by atoms with Crippen molar-refractivity contribution in [3.05, 3.63) is 0 Å². The zero-order valence-electron chi connectivity index (χ0n) is 7.35. The molecule has 0 saturated heterocycles. The summed E-state index contributed by atoms with van der Waals surface area (Å²) in [5, 5.41) is 3.23. The fourth-order valence-corrected chi connectivity index (χ4v) is 1.02. The van der Waals surface area contributed by atoms with Gasteiger partial charge in [0.05, 0.1) is 0 Å². The van der Waals surface area contributed by atoms with E-state index in [9.17, 15) is 0 Å². The van der Waals surface area contributed by atoms with Crippen molar-refractivity contribution in [2.75, 3.05) is 13.1 Å². The standard InChI is InChI=1S/C8H20N2/c1-4-10-6-8(9)5-7(2)3/h7-8,10H,4-6,9H2,1-3H3/t8-/m0/s1. The van der Waals surface area contributed by atoms with Crippen molar-refractivity contribution in [1.82, 2.24) is 5.32 Å². The second kappa shape index (κ2) is 5.69. The van der Waals surface area contributed by atoms with E-state index in [1.54, 1.807) is 0 Å². The first-order chi connectivity index (χ1) is 4.66. The Hall–Kier alpha value is -0.0800. The van der Waals surface area contributed by atoms with E-state index in [4.69, 9.17) is 5.73 Å². The Morgan fingerprint density at radius 3 is 2.40 bits per heavy atom. The minimum Gasteiger partial charge on any atom is -0.327 e. The molecule has 0 aliphatic carbocycles. The molecule has 0 saturated carbocycles. The molecule has 0 heterocycles. The van der Waals surface area contributed by atoms with Gasteiger partial charge in [-0.25, -0.2) is 0 Å². The Kier molecular flexibility index (Phi) is 5.64. The first kappa shape index (κ1) is 9.92. The summed E-state index contributed by atoms with van der Waals surface area (Å²) in [6.07, 6.45) is 1.12. The highest BCUT2D eigenvalue weighted by Crippen LogP contribution is 2.00. The van der Waals surface area contributed by atoms with Crippen molar-refractivity contribution >= 4 is 0 Å². The van der Waals surface area contributed by atoms with Crippen LogP contribution < -0.4 is 11.1 Å². The Balaban J connectivity index is 3.16. The van der Waals surface area contributed by atoms with Crippen LogP contribution in [0.1, 0.15) is 27.2 Å². The Morgan fingerprint density at radius 2 is 2.00 bits per heavy atom. The predicted molar refractivity (Wildman–Crippen MR) is 46.0 cm³/mol. The summed E-state index contributed by atoms with van der Waals surface area (Å²) in [5.74, 6) is 0.716. The lowest BCUT2D eigenvalue weighted by molar-refractivity contribution is 0.472. The number of likely N-dealkylation sites (N-methyl/N-ethyl adjacent to an activating group) is 1. The molecule has 62 valence electrons. The summed E-state index contributed by atoms with van der Waals surface area (Å²) in [4.78, 5) is 0. The van der Waals surface area contributed by atoms with Crippen molar-refractivity contribution in [3.8, 4) is 0 Å². The van der Waals surface area contributed by atoms with Gasteiger partial charge in [0.2, 0.25) is 0 Å². The Labute approximate surface area is 64.2 Å². The number of rotatable bonds is 5. The van der Waals surface area contributed by atoms with Crippen molar-refractivity contribution in [2.45, 2.75) is 33.2 Å². The van der Waals surface area contributed by atoms with Crippen LogP contribution in [-0.2, 0) is 0 Å². The van der Waals surface area contributed by atoms with Crippen LogP contribution in [0.4, 0.5) is 0 Å². The van der Waals surface area contributed by atoms with E-state index in [0.717, 1.165) is 19.5 Å². The first-order valence-corrected chi connectivity index (χ1v) is 4.13. The minimum atomic E-state index is 0.333. The lowest BCUT2D eigenvalue weighted by Crippen LogP contribution is -2.34. The van der Waals surface area contributed by atoms with Crippen LogP contribution in [0.15, 0.2) is 0 Å². The van der Waals surface area contributed by atoms with Crippen LogP contribution in [0.2, 0.25) is 0 Å². The summed E-state index contributed by atoms with van der Waals surface area (Å²) in [6, 6.07) is 0.333. The molecule has 0 aromatic rings. The van der Waals surface area contributed by atoms with Crippen molar-refractivity contribution in [3.63, 3.8) is 0 Å². The predicted octanol–water partition coefficient (Wildman–Crippen LogP) is 0.969. The molecular weight excluding hydrogens is 124 g/mol. The van der Waals surface area contributed by atoms with E-state index < -0.39 is 0 Å². The molecule has 0 aliphatic heterocycles. The molecule has 0 rings (SSSR count). The van der Waals surface area contributed by atoms with Gasteiger partial charge in [0.1, 0.15) is 0 Å². The van der Waals surface area contributed by atoms with Gasteiger partial charge in [0.15, 0.2) is 0 Å². The number of nitrogens with one attached hydrogen (secondary N) is 1. The second-order valence-electron chi connectivity index (χ2n) is 3.20. The number of hydrogen-bond donors (Lipinski definition) is 2. The third-order valence-corrected chi connectivity index (χ3v) is 1.43. The summed E-state index contributed by atoms with van der Waals surface area (Å²) >= 11 is 0. The molecule has 0 bridgehead atoms. The maximum absolute atomic E-state index is 5.80. The van der Waals surface area contributed by atoms with Gasteiger partial charge in [0.25, 0.3) is 0 Å². The van der Waals surface area contributed by atoms with Crippen molar-refractivity contribution in [2.24, 2.45) is 11.7 Å². The SMILES string of the molecule is CCNC[C@@H](N)CC(C)C. The van der Waals surface area contributed by atoms with E-state index in [2.05, 4.69) is 26.1 Å². The highest BCUT2D eigenvalue weighted by Gasteiger charge is 2.02. The normalized spacial score (nSPS) is 14.1. The number of hydrogen-bond acceptors (Lipinski definition) is 2. The van der Waals surface area contributed by atoms with Gasteiger partial charge in [-0.1, -0.05) is 20.8 Å². The smallest absolute Gasteiger partial charge is 0.0167 e. The molecule has 0 unspecified atom stereocenters. The van der Waals surface area contributed by atoms with Gasteiger partial charge >= 0.3 is 0 Å². The van der Waals surface area contributed by atoms with Gasteiger partial charge in [-0.3, -0.25) is 0 Å². The molecule has 0 radical (unpaired) electrons. The largest absolute Gasteiger partial charge is 0.327 e. The van der Waals surface area contributed by atoms with E-state index in [1.165, 1.54) is 0 Å².